The number of benzene rings is 1. The molecular formula is C23H37FIN7O. The molecule has 8 nitrogen and oxygen atoms in total. The first kappa shape index (κ1) is 27.3. The first-order chi connectivity index (χ1) is 15.5. The molecule has 0 amide bonds. The predicted molar refractivity (Wildman–Crippen MR) is 140 cm³/mol. The van der Waals surface area contributed by atoms with E-state index in [1.165, 1.54) is 25.0 Å². The summed E-state index contributed by atoms with van der Waals surface area (Å²) in [5, 5.41) is 15.2. The van der Waals surface area contributed by atoms with Crippen molar-refractivity contribution in [3.8, 4) is 5.75 Å². The van der Waals surface area contributed by atoms with E-state index in [0.29, 0.717) is 24.9 Å². The second kappa shape index (κ2) is 13.7. The van der Waals surface area contributed by atoms with Gasteiger partial charge in [0.2, 0.25) is 0 Å². The highest BCUT2D eigenvalue weighted by molar-refractivity contribution is 14.0. The molecule has 0 aliphatic carbocycles. The molecule has 1 aliphatic heterocycles. The summed E-state index contributed by atoms with van der Waals surface area (Å²) in [6.45, 7) is 10.2. The Morgan fingerprint density at radius 2 is 2.12 bits per heavy atom. The molecule has 1 aliphatic rings. The maximum Gasteiger partial charge on any atom is 0.191 e. The zero-order chi connectivity index (χ0) is 22.9. The van der Waals surface area contributed by atoms with Crippen molar-refractivity contribution in [1.29, 1.82) is 0 Å². The highest BCUT2D eigenvalue weighted by Crippen LogP contribution is 2.16. The second-order valence-electron chi connectivity index (χ2n) is 8.18. The van der Waals surface area contributed by atoms with Crippen molar-refractivity contribution in [2.75, 3.05) is 26.2 Å². The number of guanidine groups is 1. The molecule has 2 N–H and O–H groups in total. The van der Waals surface area contributed by atoms with Crippen LogP contribution in [0.4, 0.5) is 4.39 Å². The summed E-state index contributed by atoms with van der Waals surface area (Å²) >= 11 is 0. The van der Waals surface area contributed by atoms with Crippen LogP contribution in [0.2, 0.25) is 0 Å². The highest BCUT2D eigenvalue weighted by Gasteiger charge is 2.23. The number of likely N-dealkylation sites (N-methyl/N-ethyl adjacent to an activating group) is 1. The van der Waals surface area contributed by atoms with Crippen molar-refractivity contribution in [1.82, 2.24) is 30.3 Å². The molecule has 10 heteroatoms. The Kier molecular flexibility index (Phi) is 11.3. The zero-order valence-electron chi connectivity index (χ0n) is 20.1. The summed E-state index contributed by atoms with van der Waals surface area (Å²) < 4.78 is 21.4. The lowest BCUT2D eigenvalue weighted by Gasteiger charge is -2.25. The first-order valence-corrected chi connectivity index (χ1v) is 11.5. The molecule has 2 unspecified atom stereocenters. The van der Waals surface area contributed by atoms with Crippen LogP contribution < -0.4 is 15.4 Å². The van der Waals surface area contributed by atoms with Gasteiger partial charge < -0.3 is 19.9 Å². The van der Waals surface area contributed by atoms with Crippen LogP contribution >= 0.6 is 24.0 Å². The maximum atomic E-state index is 13.5. The Morgan fingerprint density at radius 1 is 1.30 bits per heavy atom. The van der Waals surface area contributed by atoms with Gasteiger partial charge in [0.05, 0.1) is 6.54 Å². The van der Waals surface area contributed by atoms with E-state index >= 15 is 0 Å². The van der Waals surface area contributed by atoms with E-state index in [1.54, 1.807) is 12.1 Å². The van der Waals surface area contributed by atoms with Gasteiger partial charge in [0, 0.05) is 25.7 Å². The van der Waals surface area contributed by atoms with E-state index in [1.807, 2.05) is 18.5 Å². The zero-order valence-corrected chi connectivity index (χ0v) is 22.4. The first-order valence-electron chi connectivity index (χ1n) is 11.5. The summed E-state index contributed by atoms with van der Waals surface area (Å²) in [4.78, 5) is 7.24. The fourth-order valence-electron chi connectivity index (χ4n) is 3.88. The van der Waals surface area contributed by atoms with Gasteiger partial charge in [-0.25, -0.2) is 9.38 Å². The predicted octanol–water partition coefficient (Wildman–Crippen LogP) is 3.26. The molecule has 184 valence electrons. The number of ether oxygens (including phenoxy) is 1. The molecule has 2 heterocycles. The van der Waals surface area contributed by atoms with Gasteiger partial charge in [0.25, 0.3) is 0 Å². The topological polar surface area (TPSA) is 79.6 Å². The third-order valence-corrected chi connectivity index (χ3v) is 6.02. The lowest BCUT2D eigenvalue weighted by atomic mass is 10.2. The van der Waals surface area contributed by atoms with Crippen LogP contribution in [0.25, 0.3) is 0 Å². The van der Waals surface area contributed by atoms with Crippen LogP contribution in [0, 0.1) is 12.7 Å². The molecule has 1 aromatic heterocycles. The molecular weight excluding hydrogens is 536 g/mol. The third-order valence-electron chi connectivity index (χ3n) is 6.02. The van der Waals surface area contributed by atoms with Gasteiger partial charge in [-0.2, -0.15) is 0 Å². The molecule has 33 heavy (non-hydrogen) atoms. The van der Waals surface area contributed by atoms with Crippen molar-refractivity contribution >= 4 is 29.9 Å². The van der Waals surface area contributed by atoms with Crippen LogP contribution in [-0.4, -0.2) is 63.9 Å². The minimum absolute atomic E-state index is 0. The molecule has 1 fully saturated rings. The van der Waals surface area contributed by atoms with Crippen LogP contribution in [0.15, 0.2) is 29.3 Å². The lowest BCUT2D eigenvalue weighted by Crippen LogP contribution is -2.47. The average Bonchev–Trinajstić information content (AvgIpc) is 3.38. The Balaban J connectivity index is 0.00000385. The second-order valence-corrected chi connectivity index (χ2v) is 8.18. The summed E-state index contributed by atoms with van der Waals surface area (Å²) in [7, 11) is 1.94. The molecule has 0 radical (unpaired) electrons. The van der Waals surface area contributed by atoms with E-state index in [2.05, 4.69) is 39.6 Å². The molecule has 2 aromatic rings. The average molecular weight is 573 g/mol. The Bertz CT molecular complexity index is 891. The molecule has 0 bridgehead atoms. The molecule has 0 spiro atoms. The van der Waals surface area contributed by atoms with E-state index in [0.717, 1.165) is 43.7 Å². The van der Waals surface area contributed by atoms with Crippen LogP contribution in [0.1, 0.15) is 44.8 Å². The van der Waals surface area contributed by atoms with E-state index < -0.39 is 0 Å². The Labute approximate surface area is 213 Å². The number of halogens is 2. The summed E-state index contributed by atoms with van der Waals surface area (Å²) in [6.07, 6.45) is 3.10. The van der Waals surface area contributed by atoms with Crippen molar-refractivity contribution in [2.24, 2.45) is 12.0 Å². The molecule has 2 atom stereocenters. The van der Waals surface area contributed by atoms with Gasteiger partial charge in [0.15, 0.2) is 11.8 Å². The van der Waals surface area contributed by atoms with Gasteiger partial charge in [-0.3, -0.25) is 4.90 Å². The van der Waals surface area contributed by atoms with E-state index in [-0.39, 0.29) is 35.9 Å². The van der Waals surface area contributed by atoms with Crippen molar-refractivity contribution in [2.45, 2.75) is 58.7 Å². The van der Waals surface area contributed by atoms with Gasteiger partial charge in [-0.15, -0.1) is 34.2 Å². The molecule has 1 aromatic carbocycles. The monoisotopic (exact) mass is 573 g/mol. The number of nitrogens with zero attached hydrogens (tertiary/aromatic N) is 5. The number of aromatic nitrogens is 3. The Morgan fingerprint density at radius 3 is 2.79 bits per heavy atom. The highest BCUT2D eigenvalue weighted by atomic mass is 127. The van der Waals surface area contributed by atoms with Crippen molar-refractivity contribution in [3.05, 3.63) is 41.7 Å². The van der Waals surface area contributed by atoms with Crippen molar-refractivity contribution < 1.29 is 9.13 Å². The number of rotatable bonds is 10. The Hall–Kier alpha value is -1.95. The summed E-state index contributed by atoms with van der Waals surface area (Å²) in [5.74, 6) is 2.61. The number of likely N-dealkylation sites (tertiary alicyclic amines) is 1. The minimum Gasteiger partial charge on any atom is -0.489 e. The standard InChI is InChI=1S/C23H36FN7O.HI/c1-5-20(32-21-11-7-9-18(24)13-21)15-26-23(25-14-19-10-8-12-31(19)6-2)27-16-22-29-28-17(3)30(22)4;/h7,9,11,13,19-20H,5-6,8,10,12,14-16H2,1-4H3,(H2,25,26,27);1H. The fraction of sp³-hybridized carbons (Fsp3) is 0.609. The number of nitrogens with one attached hydrogen (secondary N) is 2. The number of aryl methyl sites for hydroxylation is 1. The van der Waals surface area contributed by atoms with Gasteiger partial charge in [0.1, 0.15) is 30.0 Å². The van der Waals surface area contributed by atoms with Crippen LogP contribution in [-0.2, 0) is 13.6 Å². The minimum atomic E-state index is -0.301. The number of hydrogen-bond donors (Lipinski definition) is 2. The van der Waals surface area contributed by atoms with E-state index in [4.69, 9.17) is 9.73 Å². The van der Waals surface area contributed by atoms with Gasteiger partial charge in [-0.05, 0) is 51.4 Å². The fourth-order valence-corrected chi connectivity index (χ4v) is 3.88. The third kappa shape index (κ3) is 8.09. The summed E-state index contributed by atoms with van der Waals surface area (Å²) in [6, 6.07) is 6.76. The number of hydrogen-bond acceptors (Lipinski definition) is 5. The number of aliphatic imine (C=N–C) groups is 1. The largest absolute Gasteiger partial charge is 0.489 e. The van der Waals surface area contributed by atoms with Gasteiger partial charge >= 0.3 is 0 Å². The van der Waals surface area contributed by atoms with Gasteiger partial charge in [-0.1, -0.05) is 19.9 Å². The van der Waals surface area contributed by atoms with Crippen molar-refractivity contribution in [3.63, 3.8) is 0 Å². The quantitative estimate of drug-likeness (QED) is 0.258. The molecule has 3 rings (SSSR count). The van der Waals surface area contributed by atoms with Crippen LogP contribution in [0.3, 0.4) is 0 Å². The lowest BCUT2D eigenvalue weighted by molar-refractivity contribution is 0.198. The smallest absolute Gasteiger partial charge is 0.191 e. The normalized spacial score (nSPS) is 17.5. The SMILES string of the molecule is CCC(CNC(=NCc1nnc(C)n1C)NCC1CCCN1CC)Oc1cccc(F)c1.I. The maximum absolute atomic E-state index is 13.5. The molecule has 1 saturated heterocycles. The molecule has 0 saturated carbocycles. The van der Waals surface area contributed by atoms with Crippen LogP contribution in [0.5, 0.6) is 5.75 Å². The summed E-state index contributed by atoms with van der Waals surface area (Å²) in [5.41, 5.74) is 0. The van der Waals surface area contributed by atoms with E-state index in [9.17, 15) is 4.39 Å².